The molecular formula is C17H31N3O3. The number of rotatable bonds is 5. The van der Waals surface area contributed by atoms with E-state index < -0.39 is 0 Å². The summed E-state index contributed by atoms with van der Waals surface area (Å²) in [6, 6.07) is -0.100. The lowest BCUT2D eigenvalue weighted by molar-refractivity contribution is -0.150. The molecular weight excluding hydrogens is 294 g/mol. The molecule has 2 aliphatic heterocycles. The number of amides is 2. The standard InChI is InChI=1S/C17H31N3O3/c1-12-6-13(2)8-20(7-12)17(22)14(3)19-9-15(10-19)23-11-16(21)18(4)5/h12-15H,6-11H2,1-5H3/t12-,13+,14-/m1/s1. The van der Waals surface area contributed by atoms with Gasteiger partial charge in [-0.15, -0.1) is 0 Å². The molecule has 0 spiro atoms. The topological polar surface area (TPSA) is 53.1 Å². The molecule has 2 saturated heterocycles. The van der Waals surface area contributed by atoms with Gasteiger partial charge in [0.2, 0.25) is 11.8 Å². The van der Waals surface area contributed by atoms with Crippen LogP contribution in [-0.4, -0.2) is 85.5 Å². The SMILES string of the molecule is C[C@@H]1C[C@H](C)CN(C(=O)[C@@H](C)N2CC(OCC(=O)N(C)C)C2)C1. The van der Waals surface area contributed by atoms with Crippen molar-refractivity contribution in [1.82, 2.24) is 14.7 Å². The molecule has 0 radical (unpaired) electrons. The molecule has 6 heteroatoms. The summed E-state index contributed by atoms with van der Waals surface area (Å²) >= 11 is 0. The van der Waals surface area contributed by atoms with E-state index >= 15 is 0 Å². The van der Waals surface area contributed by atoms with Crippen molar-refractivity contribution in [3.63, 3.8) is 0 Å². The summed E-state index contributed by atoms with van der Waals surface area (Å²) in [6.07, 6.45) is 1.27. The molecule has 0 bridgehead atoms. The van der Waals surface area contributed by atoms with Crippen molar-refractivity contribution in [3.05, 3.63) is 0 Å². The van der Waals surface area contributed by atoms with Crippen LogP contribution in [0, 0.1) is 11.8 Å². The second kappa shape index (κ2) is 7.62. The first-order valence-corrected chi connectivity index (χ1v) is 8.62. The minimum atomic E-state index is -0.100. The first-order valence-electron chi connectivity index (χ1n) is 8.62. The highest BCUT2D eigenvalue weighted by molar-refractivity contribution is 5.81. The number of piperidine rings is 1. The number of carbonyl (C=O) groups excluding carboxylic acids is 2. The Morgan fingerprint density at radius 2 is 1.70 bits per heavy atom. The van der Waals surface area contributed by atoms with Gasteiger partial charge in [-0.25, -0.2) is 0 Å². The Labute approximate surface area is 139 Å². The lowest BCUT2D eigenvalue weighted by Crippen LogP contribution is -2.61. The van der Waals surface area contributed by atoms with Gasteiger partial charge in [0.15, 0.2) is 0 Å². The van der Waals surface area contributed by atoms with E-state index in [1.165, 1.54) is 11.3 Å². The molecule has 2 aliphatic rings. The third kappa shape index (κ3) is 4.67. The molecule has 0 aromatic carbocycles. The first kappa shape index (κ1) is 18.2. The first-order chi connectivity index (χ1) is 10.8. The van der Waals surface area contributed by atoms with E-state index in [-0.39, 0.29) is 30.6 Å². The summed E-state index contributed by atoms with van der Waals surface area (Å²) in [5.74, 6) is 1.37. The lowest BCUT2D eigenvalue weighted by Gasteiger charge is -2.44. The van der Waals surface area contributed by atoms with Crippen LogP contribution in [0.1, 0.15) is 27.2 Å². The van der Waals surface area contributed by atoms with Crippen LogP contribution in [-0.2, 0) is 14.3 Å². The third-order valence-electron chi connectivity index (χ3n) is 4.90. The van der Waals surface area contributed by atoms with E-state index in [1.807, 2.05) is 11.8 Å². The molecule has 2 fully saturated rings. The maximum absolute atomic E-state index is 12.7. The van der Waals surface area contributed by atoms with Gasteiger partial charge >= 0.3 is 0 Å². The fourth-order valence-corrected chi connectivity index (χ4v) is 3.47. The minimum absolute atomic E-state index is 0.0242. The zero-order valence-corrected chi connectivity index (χ0v) is 15.1. The Bertz CT molecular complexity index is 425. The molecule has 0 N–H and O–H groups in total. The molecule has 0 aromatic heterocycles. The van der Waals surface area contributed by atoms with Crippen LogP contribution in [0.25, 0.3) is 0 Å². The summed E-state index contributed by atoms with van der Waals surface area (Å²) in [4.78, 5) is 29.9. The maximum Gasteiger partial charge on any atom is 0.248 e. The molecule has 2 amide bonds. The number of likely N-dealkylation sites (N-methyl/N-ethyl adjacent to an activating group) is 1. The van der Waals surface area contributed by atoms with Crippen LogP contribution >= 0.6 is 0 Å². The molecule has 0 aromatic rings. The van der Waals surface area contributed by atoms with Crippen molar-refractivity contribution in [2.45, 2.75) is 39.3 Å². The molecule has 2 heterocycles. The second-order valence-electron chi connectivity index (χ2n) is 7.54. The monoisotopic (exact) mass is 325 g/mol. The highest BCUT2D eigenvalue weighted by atomic mass is 16.5. The van der Waals surface area contributed by atoms with Crippen LogP contribution in [0.5, 0.6) is 0 Å². The van der Waals surface area contributed by atoms with E-state index in [1.54, 1.807) is 14.1 Å². The normalized spacial score (nSPS) is 27.4. The fraction of sp³-hybridized carbons (Fsp3) is 0.882. The van der Waals surface area contributed by atoms with Crippen LogP contribution in [0.4, 0.5) is 0 Å². The van der Waals surface area contributed by atoms with Crippen molar-refractivity contribution in [2.75, 3.05) is 46.9 Å². The Hall–Kier alpha value is -1.14. The van der Waals surface area contributed by atoms with Gasteiger partial charge in [-0.05, 0) is 25.2 Å². The van der Waals surface area contributed by atoms with Gasteiger partial charge in [-0.3, -0.25) is 14.5 Å². The van der Waals surface area contributed by atoms with Crippen molar-refractivity contribution < 1.29 is 14.3 Å². The van der Waals surface area contributed by atoms with Gasteiger partial charge < -0.3 is 14.5 Å². The number of carbonyl (C=O) groups is 2. The lowest BCUT2D eigenvalue weighted by atomic mass is 9.91. The van der Waals surface area contributed by atoms with E-state index in [2.05, 4.69) is 18.7 Å². The Balaban J connectivity index is 1.74. The third-order valence-corrected chi connectivity index (χ3v) is 4.90. The van der Waals surface area contributed by atoms with Crippen LogP contribution in [0.3, 0.4) is 0 Å². The minimum Gasteiger partial charge on any atom is -0.366 e. The van der Waals surface area contributed by atoms with Crippen LogP contribution in [0.15, 0.2) is 0 Å². The Morgan fingerprint density at radius 1 is 1.13 bits per heavy atom. The van der Waals surface area contributed by atoms with Crippen LogP contribution < -0.4 is 0 Å². The van der Waals surface area contributed by atoms with E-state index in [4.69, 9.17) is 4.74 Å². The van der Waals surface area contributed by atoms with E-state index in [0.717, 1.165) is 26.2 Å². The Kier molecular flexibility index (Phi) is 6.03. The maximum atomic E-state index is 12.7. The van der Waals surface area contributed by atoms with Crippen molar-refractivity contribution in [2.24, 2.45) is 11.8 Å². The number of nitrogens with zero attached hydrogens (tertiary/aromatic N) is 3. The predicted octanol–water partition coefficient (Wildman–Crippen LogP) is 0.668. The quantitative estimate of drug-likeness (QED) is 0.745. The fourth-order valence-electron chi connectivity index (χ4n) is 3.47. The number of hydrogen-bond acceptors (Lipinski definition) is 4. The average molecular weight is 325 g/mol. The van der Waals surface area contributed by atoms with E-state index in [9.17, 15) is 9.59 Å². The number of ether oxygens (including phenoxy) is 1. The average Bonchev–Trinajstić information content (AvgIpc) is 2.42. The van der Waals surface area contributed by atoms with Crippen LogP contribution in [0.2, 0.25) is 0 Å². The van der Waals surface area contributed by atoms with Gasteiger partial charge in [0.05, 0.1) is 12.1 Å². The largest absolute Gasteiger partial charge is 0.366 e. The summed E-state index contributed by atoms with van der Waals surface area (Å²) in [7, 11) is 3.44. The van der Waals surface area contributed by atoms with Crippen molar-refractivity contribution >= 4 is 11.8 Å². The summed E-state index contributed by atoms with van der Waals surface area (Å²) in [5.41, 5.74) is 0. The summed E-state index contributed by atoms with van der Waals surface area (Å²) in [5, 5.41) is 0. The molecule has 0 saturated carbocycles. The predicted molar refractivity (Wildman–Crippen MR) is 89.0 cm³/mol. The highest BCUT2D eigenvalue weighted by Crippen LogP contribution is 2.23. The molecule has 6 nitrogen and oxygen atoms in total. The van der Waals surface area contributed by atoms with Gasteiger partial charge in [0.25, 0.3) is 0 Å². The second-order valence-corrected chi connectivity index (χ2v) is 7.54. The van der Waals surface area contributed by atoms with Crippen molar-refractivity contribution in [3.8, 4) is 0 Å². The molecule has 132 valence electrons. The number of likely N-dealkylation sites (tertiary alicyclic amines) is 2. The zero-order chi connectivity index (χ0) is 17.1. The van der Waals surface area contributed by atoms with E-state index in [0.29, 0.717) is 11.8 Å². The Morgan fingerprint density at radius 3 is 2.22 bits per heavy atom. The smallest absolute Gasteiger partial charge is 0.248 e. The van der Waals surface area contributed by atoms with Gasteiger partial charge in [0, 0.05) is 40.3 Å². The molecule has 0 aliphatic carbocycles. The molecule has 2 rings (SSSR count). The molecule has 0 unspecified atom stereocenters. The van der Waals surface area contributed by atoms with Gasteiger partial charge in [-0.1, -0.05) is 13.8 Å². The molecule has 3 atom stereocenters. The summed E-state index contributed by atoms with van der Waals surface area (Å²) in [6.45, 7) is 9.74. The van der Waals surface area contributed by atoms with Crippen molar-refractivity contribution in [1.29, 1.82) is 0 Å². The van der Waals surface area contributed by atoms with Gasteiger partial charge in [-0.2, -0.15) is 0 Å². The summed E-state index contributed by atoms with van der Waals surface area (Å²) < 4.78 is 5.58. The van der Waals surface area contributed by atoms with Gasteiger partial charge in [0.1, 0.15) is 6.61 Å². The number of hydrogen-bond donors (Lipinski definition) is 0. The zero-order valence-electron chi connectivity index (χ0n) is 15.1. The molecule has 23 heavy (non-hydrogen) atoms. The highest BCUT2D eigenvalue weighted by Gasteiger charge is 2.37.